The Balaban J connectivity index is 2.23. The Morgan fingerprint density at radius 2 is 2.10 bits per heavy atom. The first-order chi connectivity index (χ1) is 9.45. The second-order valence-electron chi connectivity index (χ2n) is 4.43. The highest BCUT2D eigenvalue weighted by Gasteiger charge is 2.30. The summed E-state index contributed by atoms with van der Waals surface area (Å²) in [6.45, 7) is 0.494. The maximum atomic E-state index is 12.5. The lowest BCUT2D eigenvalue weighted by Gasteiger charge is -2.31. The Kier molecular flexibility index (Phi) is 4.71. The molecule has 0 radical (unpaired) electrons. The third kappa shape index (κ3) is 3.15. The van der Waals surface area contributed by atoms with Crippen molar-refractivity contribution in [2.45, 2.75) is 11.0 Å². The van der Waals surface area contributed by atoms with Crippen LogP contribution >= 0.6 is 12.2 Å². The Labute approximate surface area is 123 Å². The van der Waals surface area contributed by atoms with Crippen LogP contribution in [0.25, 0.3) is 0 Å². The van der Waals surface area contributed by atoms with Gasteiger partial charge in [-0.05, 0) is 12.1 Å². The highest BCUT2D eigenvalue weighted by atomic mass is 32.2. The molecule has 1 fully saturated rings. The highest BCUT2D eigenvalue weighted by Crippen LogP contribution is 2.19. The molecule has 0 spiro atoms. The van der Waals surface area contributed by atoms with Gasteiger partial charge in [-0.2, -0.15) is 4.31 Å². The molecule has 0 amide bonds. The second-order valence-corrected chi connectivity index (χ2v) is 6.80. The smallest absolute Gasteiger partial charge is 0.243 e. The zero-order valence-electron chi connectivity index (χ0n) is 10.7. The Bertz CT molecular complexity index is 586. The molecule has 0 aliphatic carbocycles. The summed E-state index contributed by atoms with van der Waals surface area (Å²) >= 11 is 4.83. The molecule has 0 bridgehead atoms. The summed E-state index contributed by atoms with van der Waals surface area (Å²) in [5, 5.41) is 9.07. The number of aliphatic hydroxyl groups is 1. The number of aliphatic hydroxyl groups excluding tert-OH is 1. The molecule has 1 atom stereocenters. The van der Waals surface area contributed by atoms with Crippen LogP contribution in [-0.2, 0) is 14.8 Å². The van der Waals surface area contributed by atoms with E-state index >= 15 is 0 Å². The van der Waals surface area contributed by atoms with Crippen LogP contribution in [0.15, 0.2) is 29.2 Å². The van der Waals surface area contributed by atoms with E-state index in [0.717, 1.165) is 0 Å². The minimum Gasteiger partial charge on any atom is -0.394 e. The predicted octanol–water partition coefficient (Wildman–Crippen LogP) is -0.297. The number of benzene rings is 1. The molecule has 1 saturated heterocycles. The molecule has 1 heterocycles. The average molecular weight is 316 g/mol. The lowest BCUT2D eigenvalue weighted by atomic mass is 10.2. The van der Waals surface area contributed by atoms with Gasteiger partial charge in [-0.1, -0.05) is 24.4 Å². The van der Waals surface area contributed by atoms with Crippen LogP contribution in [0.1, 0.15) is 5.56 Å². The lowest BCUT2D eigenvalue weighted by Crippen LogP contribution is -2.46. The summed E-state index contributed by atoms with van der Waals surface area (Å²) in [5.41, 5.74) is 6.10. The first-order valence-electron chi connectivity index (χ1n) is 6.07. The van der Waals surface area contributed by atoms with Gasteiger partial charge in [0.05, 0.1) is 24.2 Å². The van der Waals surface area contributed by atoms with Crippen molar-refractivity contribution in [2.75, 3.05) is 26.3 Å². The van der Waals surface area contributed by atoms with Crippen molar-refractivity contribution < 1.29 is 18.3 Å². The molecule has 0 saturated carbocycles. The number of rotatable bonds is 4. The van der Waals surface area contributed by atoms with E-state index in [2.05, 4.69) is 0 Å². The van der Waals surface area contributed by atoms with Crippen molar-refractivity contribution in [3.05, 3.63) is 29.8 Å². The third-order valence-corrected chi connectivity index (χ3v) is 5.20. The molecule has 2 rings (SSSR count). The van der Waals surface area contributed by atoms with Gasteiger partial charge in [0.2, 0.25) is 10.0 Å². The molecule has 3 N–H and O–H groups in total. The van der Waals surface area contributed by atoms with Gasteiger partial charge in [0.15, 0.2) is 0 Å². The largest absolute Gasteiger partial charge is 0.394 e. The van der Waals surface area contributed by atoms with Crippen molar-refractivity contribution >= 4 is 27.2 Å². The normalized spacial score (nSPS) is 20.8. The number of ether oxygens (including phenoxy) is 1. The molecule has 20 heavy (non-hydrogen) atoms. The number of hydrogen-bond donors (Lipinski definition) is 2. The van der Waals surface area contributed by atoms with Crippen LogP contribution in [0.5, 0.6) is 0 Å². The fourth-order valence-corrected chi connectivity index (χ4v) is 3.55. The summed E-state index contributed by atoms with van der Waals surface area (Å²) in [5.74, 6) is 0. The first kappa shape index (κ1) is 15.3. The van der Waals surface area contributed by atoms with E-state index in [1.807, 2.05) is 0 Å². The molecule has 1 aromatic rings. The summed E-state index contributed by atoms with van der Waals surface area (Å²) < 4.78 is 31.5. The van der Waals surface area contributed by atoms with E-state index in [4.69, 9.17) is 27.8 Å². The second kappa shape index (κ2) is 6.15. The predicted molar refractivity (Wildman–Crippen MR) is 77.9 cm³/mol. The standard InChI is InChI=1S/C12H16N2O4S2/c13-12(19)9-1-3-11(4-2-9)20(16,17)14-5-6-18-10(7-14)8-15/h1-4,10,15H,5-8H2,(H2,13,19). The van der Waals surface area contributed by atoms with Gasteiger partial charge >= 0.3 is 0 Å². The fourth-order valence-electron chi connectivity index (χ4n) is 1.96. The van der Waals surface area contributed by atoms with Gasteiger partial charge in [-0.3, -0.25) is 0 Å². The molecule has 1 unspecified atom stereocenters. The number of nitrogens with zero attached hydrogens (tertiary/aromatic N) is 1. The minimum atomic E-state index is -3.59. The molecular formula is C12H16N2O4S2. The van der Waals surface area contributed by atoms with Crippen molar-refractivity contribution in [3.63, 3.8) is 0 Å². The number of morpholine rings is 1. The highest BCUT2D eigenvalue weighted by molar-refractivity contribution is 7.89. The Morgan fingerprint density at radius 3 is 2.65 bits per heavy atom. The quantitative estimate of drug-likeness (QED) is 0.741. The topological polar surface area (TPSA) is 92.9 Å². The number of nitrogens with two attached hydrogens (primary N) is 1. The minimum absolute atomic E-state index is 0.149. The van der Waals surface area contributed by atoms with Crippen molar-refractivity contribution in [2.24, 2.45) is 5.73 Å². The average Bonchev–Trinajstić information content (AvgIpc) is 2.47. The summed E-state index contributed by atoms with van der Waals surface area (Å²) in [6.07, 6.45) is -0.477. The van der Waals surface area contributed by atoms with Crippen LogP contribution < -0.4 is 5.73 Å². The Hall–Kier alpha value is -1.06. The SMILES string of the molecule is NC(=S)c1ccc(S(=O)(=O)N2CCOC(CO)C2)cc1. The zero-order valence-corrected chi connectivity index (χ0v) is 12.4. The number of hydrogen-bond acceptors (Lipinski definition) is 5. The van der Waals surface area contributed by atoms with Crippen LogP contribution in [0.2, 0.25) is 0 Å². The summed E-state index contributed by atoms with van der Waals surface area (Å²) in [4.78, 5) is 0.400. The molecular weight excluding hydrogens is 300 g/mol. The summed E-state index contributed by atoms with van der Waals surface area (Å²) in [6, 6.07) is 6.12. The van der Waals surface area contributed by atoms with Gasteiger partial charge in [-0.15, -0.1) is 0 Å². The first-order valence-corrected chi connectivity index (χ1v) is 7.92. The van der Waals surface area contributed by atoms with E-state index in [0.29, 0.717) is 5.56 Å². The van der Waals surface area contributed by atoms with Crippen molar-refractivity contribution in [1.29, 1.82) is 0 Å². The fraction of sp³-hybridized carbons (Fsp3) is 0.417. The summed E-state index contributed by atoms with van der Waals surface area (Å²) in [7, 11) is -3.59. The van der Waals surface area contributed by atoms with E-state index in [1.165, 1.54) is 16.4 Å². The Morgan fingerprint density at radius 1 is 1.45 bits per heavy atom. The zero-order chi connectivity index (χ0) is 14.8. The van der Waals surface area contributed by atoms with Gasteiger partial charge in [0.25, 0.3) is 0 Å². The molecule has 6 nitrogen and oxygen atoms in total. The van der Waals surface area contributed by atoms with E-state index in [9.17, 15) is 8.42 Å². The monoisotopic (exact) mass is 316 g/mol. The molecule has 8 heteroatoms. The van der Waals surface area contributed by atoms with E-state index in [1.54, 1.807) is 12.1 Å². The van der Waals surface area contributed by atoms with Gasteiger partial charge in [0, 0.05) is 18.7 Å². The lowest BCUT2D eigenvalue weighted by molar-refractivity contribution is -0.0304. The van der Waals surface area contributed by atoms with Crippen LogP contribution in [0, 0.1) is 0 Å². The maximum absolute atomic E-state index is 12.5. The molecule has 1 aliphatic heterocycles. The maximum Gasteiger partial charge on any atom is 0.243 e. The van der Waals surface area contributed by atoms with Crippen LogP contribution in [-0.4, -0.2) is 55.2 Å². The van der Waals surface area contributed by atoms with Gasteiger partial charge in [-0.25, -0.2) is 8.42 Å². The number of thiocarbonyl (C=S) groups is 1. The molecule has 1 aliphatic rings. The van der Waals surface area contributed by atoms with E-state index in [-0.39, 0.29) is 36.2 Å². The van der Waals surface area contributed by atoms with Crippen LogP contribution in [0.4, 0.5) is 0 Å². The molecule has 0 aromatic heterocycles. The van der Waals surface area contributed by atoms with E-state index < -0.39 is 16.1 Å². The third-order valence-electron chi connectivity index (χ3n) is 3.08. The molecule has 1 aromatic carbocycles. The molecule has 110 valence electrons. The van der Waals surface area contributed by atoms with Crippen molar-refractivity contribution in [1.82, 2.24) is 4.31 Å². The van der Waals surface area contributed by atoms with Gasteiger partial charge < -0.3 is 15.6 Å². The number of sulfonamides is 1. The van der Waals surface area contributed by atoms with Crippen LogP contribution in [0.3, 0.4) is 0 Å². The van der Waals surface area contributed by atoms with Crippen molar-refractivity contribution in [3.8, 4) is 0 Å². The van der Waals surface area contributed by atoms with Gasteiger partial charge in [0.1, 0.15) is 4.99 Å².